The van der Waals surface area contributed by atoms with Crippen LogP contribution in [-0.4, -0.2) is 43.8 Å². The van der Waals surface area contributed by atoms with Crippen molar-refractivity contribution in [2.24, 2.45) is 0 Å². The van der Waals surface area contributed by atoms with E-state index in [1.165, 1.54) is 23.1 Å². The van der Waals surface area contributed by atoms with Crippen molar-refractivity contribution in [2.75, 3.05) is 10.8 Å². The molecule has 5 rings (SSSR count). The van der Waals surface area contributed by atoms with Crippen LogP contribution < -0.4 is 9.62 Å². The van der Waals surface area contributed by atoms with Crippen molar-refractivity contribution in [1.29, 1.82) is 0 Å². The van der Waals surface area contributed by atoms with E-state index in [0.29, 0.717) is 20.6 Å². The molecule has 1 aliphatic rings. The lowest BCUT2D eigenvalue weighted by Gasteiger charge is -2.34. The van der Waals surface area contributed by atoms with Crippen LogP contribution in [0.15, 0.2) is 95.9 Å². The lowest BCUT2D eigenvalue weighted by atomic mass is 10.0. The second-order valence-electron chi connectivity index (χ2n) is 12.2. The number of rotatable bonds is 12. The normalized spacial score (nSPS) is 14.0. The number of nitrogens with zero attached hydrogens (tertiary/aromatic N) is 2. The number of carbonyl (C=O) groups excluding carboxylic acids is 2. The van der Waals surface area contributed by atoms with Gasteiger partial charge >= 0.3 is 0 Å². The second kappa shape index (κ2) is 15.8. The summed E-state index contributed by atoms with van der Waals surface area (Å²) in [6.45, 7) is 3.07. The molecular weight excluding hydrogens is 689 g/mol. The predicted molar refractivity (Wildman–Crippen MR) is 193 cm³/mol. The van der Waals surface area contributed by atoms with Crippen molar-refractivity contribution >= 4 is 62.3 Å². The van der Waals surface area contributed by atoms with E-state index in [-0.39, 0.29) is 35.5 Å². The van der Waals surface area contributed by atoms with Crippen molar-refractivity contribution in [2.45, 2.75) is 69.5 Å². The van der Waals surface area contributed by atoms with Gasteiger partial charge in [-0.3, -0.25) is 13.9 Å². The lowest BCUT2D eigenvalue weighted by molar-refractivity contribution is -0.140. The van der Waals surface area contributed by atoms with Crippen LogP contribution in [0.3, 0.4) is 0 Å². The fraction of sp³-hybridized carbons (Fsp3) is 0.297. The minimum Gasteiger partial charge on any atom is -0.352 e. The summed E-state index contributed by atoms with van der Waals surface area (Å²) in [6, 6.07) is 24.8. The molecule has 0 spiro atoms. The van der Waals surface area contributed by atoms with Crippen LogP contribution in [-0.2, 0) is 32.6 Å². The molecule has 2 amide bonds. The number of hydrogen-bond donors (Lipinski definition) is 1. The number of nitrogens with one attached hydrogen (secondary N) is 1. The summed E-state index contributed by atoms with van der Waals surface area (Å²) in [5, 5.41) is 4.18. The Morgan fingerprint density at radius 2 is 1.50 bits per heavy atom. The van der Waals surface area contributed by atoms with E-state index in [2.05, 4.69) is 5.32 Å². The first-order valence-corrected chi connectivity index (χ1v) is 18.4. The van der Waals surface area contributed by atoms with Crippen molar-refractivity contribution in [3.8, 4) is 0 Å². The molecule has 1 atom stereocenters. The Kier molecular flexibility index (Phi) is 11.7. The fourth-order valence-electron chi connectivity index (χ4n) is 5.86. The number of amides is 2. The average Bonchev–Trinajstić information content (AvgIpc) is 3.58. The van der Waals surface area contributed by atoms with Crippen LogP contribution in [0.2, 0.25) is 15.1 Å². The molecule has 1 aliphatic carbocycles. The van der Waals surface area contributed by atoms with Gasteiger partial charge in [-0.25, -0.2) is 8.42 Å². The molecule has 48 heavy (non-hydrogen) atoms. The Labute approximate surface area is 297 Å². The van der Waals surface area contributed by atoms with E-state index < -0.39 is 28.5 Å². The molecule has 1 saturated carbocycles. The van der Waals surface area contributed by atoms with Gasteiger partial charge in [0.2, 0.25) is 11.8 Å². The predicted octanol–water partition coefficient (Wildman–Crippen LogP) is 8.16. The van der Waals surface area contributed by atoms with Crippen LogP contribution in [0.4, 0.5) is 5.69 Å². The zero-order valence-corrected chi connectivity index (χ0v) is 29.9. The summed E-state index contributed by atoms with van der Waals surface area (Å²) in [6.07, 6.45) is 3.98. The maximum Gasteiger partial charge on any atom is 0.264 e. The molecule has 4 aromatic carbocycles. The number of carbonyl (C=O) groups is 2. The zero-order valence-electron chi connectivity index (χ0n) is 26.8. The molecule has 7 nitrogen and oxygen atoms in total. The maximum atomic E-state index is 14.7. The van der Waals surface area contributed by atoms with E-state index in [0.717, 1.165) is 46.7 Å². The quantitative estimate of drug-likeness (QED) is 0.160. The van der Waals surface area contributed by atoms with E-state index in [1.807, 2.05) is 44.2 Å². The highest BCUT2D eigenvalue weighted by Crippen LogP contribution is 2.30. The van der Waals surface area contributed by atoms with Crippen LogP contribution in [0.5, 0.6) is 0 Å². The minimum absolute atomic E-state index is 0.00538. The summed E-state index contributed by atoms with van der Waals surface area (Å²) in [5.74, 6) is -0.874. The number of anilines is 1. The standard InChI is InChI=1S/C37H38Cl3N3O4S/c1-25-12-17-31(18-13-25)48(46,47)43(30-16-14-26(2)33(39)22-30)24-36(44)42(23-28-15-19-32(38)34(40)20-28)35(21-27-8-4-3-5-9-27)37(45)41-29-10-6-7-11-29/h3-5,8-9,12-20,22,29,35H,6-7,10-11,21,23-24H2,1-2H3,(H,41,45)/t35-/m0/s1. The molecule has 0 saturated heterocycles. The third-order valence-corrected chi connectivity index (χ3v) is 11.6. The minimum atomic E-state index is -4.25. The molecule has 0 heterocycles. The van der Waals surface area contributed by atoms with Crippen LogP contribution in [0.25, 0.3) is 0 Å². The smallest absolute Gasteiger partial charge is 0.264 e. The summed E-state index contributed by atoms with van der Waals surface area (Å²) >= 11 is 19.1. The number of aryl methyl sites for hydroxylation is 2. The van der Waals surface area contributed by atoms with Crippen LogP contribution in [0.1, 0.15) is 47.9 Å². The summed E-state index contributed by atoms with van der Waals surface area (Å²) in [5.41, 5.74) is 3.36. The van der Waals surface area contributed by atoms with Crippen LogP contribution >= 0.6 is 34.8 Å². The summed E-state index contributed by atoms with van der Waals surface area (Å²) in [7, 11) is -4.25. The second-order valence-corrected chi connectivity index (χ2v) is 15.3. The Morgan fingerprint density at radius 1 is 0.812 bits per heavy atom. The largest absolute Gasteiger partial charge is 0.352 e. The molecule has 0 aliphatic heterocycles. The third kappa shape index (κ3) is 8.72. The van der Waals surface area contributed by atoms with Crippen LogP contribution in [0, 0.1) is 13.8 Å². The van der Waals surface area contributed by atoms with Crippen molar-refractivity contribution in [1.82, 2.24) is 10.2 Å². The van der Waals surface area contributed by atoms with E-state index >= 15 is 0 Å². The number of hydrogen-bond acceptors (Lipinski definition) is 4. The Balaban J connectivity index is 1.59. The maximum absolute atomic E-state index is 14.7. The summed E-state index contributed by atoms with van der Waals surface area (Å²) in [4.78, 5) is 30.3. The van der Waals surface area contributed by atoms with Gasteiger partial charge in [0.05, 0.1) is 20.6 Å². The van der Waals surface area contributed by atoms with Gasteiger partial charge in [-0.15, -0.1) is 0 Å². The lowest BCUT2D eigenvalue weighted by Crippen LogP contribution is -2.54. The van der Waals surface area contributed by atoms with Gasteiger partial charge in [-0.1, -0.05) is 108 Å². The van der Waals surface area contributed by atoms with E-state index in [4.69, 9.17) is 34.8 Å². The van der Waals surface area contributed by atoms with Crippen molar-refractivity contribution in [3.05, 3.63) is 128 Å². The van der Waals surface area contributed by atoms with Gasteiger partial charge in [-0.05, 0) is 79.8 Å². The van der Waals surface area contributed by atoms with E-state index in [9.17, 15) is 18.0 Å². The monoisotopic (exact) mass is 725 g/mol. The number of benzene rings is 4. The molecule has 0 unspecified atom stereocenters. The molecule has 252 valence electrons. The SMILES string of the molecule is Cc1ccc(S(=O)(=O)N(CC(=O)N(Cc2ccc(Cl)c(Cl)c2)[C@@H](Cc2ccccc2)C(=O)NC2CCCC2)c2ccc(C)c(Cl)c2)cc1. The zero-order chi connectivity index (χ0) is 34.4. The molecule has 0 bridgehead atoms. The highest BCUT2D eigenvalue weighted by molar-refractivity contribution is 7.92. The Bertz CT molecular complexity index is 1860. The van der Waals surface area contributed by atoms with Gasteiger partial charge < -0.3 is 10.2 Å². The van der Waals surface area contributed by atoms with Gasteiger partial charge in [0.25, 0.3) is 10.0 Å². The number of halogens is 3. The molecule has 0 aromatic heterocycles. The summed E-state index contributed by atoms with van der Waals surface area (Å²) < 4.78 is 29.6. The Hall–Kier alpha value is -3.56. The van der Waals surface area contributed by atoms with E-state index in [1.54, 1.807) is 42.5 Å². The van der Waals surface area contributed by atoms with Gasteiger partial charge in [0.1, 0.15) is 12.6 Å². The average molecular weight is 727 g/mol. The third-order valence-electron chi connectivity index (χ3n) is 8.64. The highest BCUT2D eigenvalue weighted by atomic mass is 35.5. The first kappa shape index (κ1) is 35.7. The molecule has 1 N–H and O–H groups in total. The topological polar surface area (TPSA) is 86.8 Å². The number of sulfonamides is 1. The molecule has 1 fully saturated rings. The fourth-order valence-corrected chi connectivity index (χ4v) is 7.76. The first-order valence-electron chi connectivity index (χ1n) is 15.9. The van der Waals surface area contributed by atoms with Crippen molar-refractivity contribution in [3.63, 3.8) is 0 Å². The molecule has 4 aromatic rings. The molecular formula is C37H38Cl3N3O4S. The van der Waals surface area contributed by atoms with Crippen molar-refractivity contribution < 1.29 is 18.0 Å². The highest BCUT2D eigenvalue weighted by Gasteiger charge is 2.35. The Morgan fingerprint density at radius 3 is 2.15 bits per heavy atom. The van der Waals surface area contributed by atoms with Gasteiger partial charge in [-0.2, -0.15) is 0 Å². The first-order chi connectivity index (χ1) is 22.9. The molecule has 11 heteroatoms. The molecule has 0 radical (unpaired) electrons. The van der Waals surface area contributed by atoms with Gasteiger partial charge in [0, 0.05) is 24.0 Å². The van der Waals surface area contributed by atoms with Gasteiger partial charge in [0.15, 0.2) is 0 Å².